The summed E-state index contributed by atoms with van der Waals surface area (Å²) in [6.45, 7) is 4.85. The van der Waals surface area contributed by atoms with Gasteiger partial charge in [-0.15, -0.1) is 0 Å². The average Bonchev–Trinajstić information content (AvgIpc) is 2.29. The minimum atomic E-state index is -0.0348. The summed E-state index contributed by atoms with van der Waals surface area (Å²) >= 11 is 0. The van der Waals surface area contributed by atoms with Gasteiger partial charge in [-0.2, -0.15) is 0 Å². The van der Waals surface area contributed by atoms with Crippen LogP contribution in [0.3, 0.4) is 0 Å². The molecule has 0 amide bonds. The van der Waals surface area contributed by atoms with Gasteiger partial charge >= 0.3 is 0 Å². The molecule has 3 heteroatoms. The molecule has 16 heavy (non-hydrogen) atoms. The van der Waals surface area contributed by atoms with Crippen LogP contribution in [0.1, 0.15) is 12.5 Å². The lowest BCUT2D eigenvalue weighted by Gasteiger charge is -2.36. The van der Waals surface area contributed by atoms with E-state index in [0.29, 0.717) is 0 Å². The second-order valence-corrected chi connectivity index (χ2v) is 4.43. The van der Waals surface area contributed by atoms with E-state index in [9.17, 15) is 0 Å². The molecule has 1 unspecified atom stereocenters. The number of ether oxygens (including phenoxy) is 1. The lowest BCUT2D eigenvalue weighted by atomic mass is 10.1. The molecule has 2 rings (SSSR count). The molecule has 1 heterocycles. The van der Waals surface area contributed by atoms with Crippen molar-refractivity contribution in [2.75, 3.05) is 19.7 Å². The highest BCUT2D eigenvalue weighted by Gasteiger charge is 2.24. The molecule has 2 atom stereocenters. The van der Waals surface area contributed by atoms with Crippen molar-refractivity contribution >= 4 is 0 Å². The van der Waals surface area contributed by atoms with Crippen LogP contribution < -0.4 is 0 Å². The number of aliphatic hydroxyl groups is 1. The molecule has 1 aromatic rings. The van der Waals surface area contributed by atoms with Gasteiger partial charge in [0.05, 0.1) is 18.8 Å². The minimum absolute atomic E-state index is 0.0348. The molecular weight excluding hydrogens is 202 g/mol. The maximum atomic E-state index is 9.14. The third-order valence-corrected chi connectivity index (χ3v) is 2.85. The highest BCUT2D eigenvalue weighted by Crippen LogP contribution is 2.13. The van der Waals surface area contributed by atoms with Gasteiger partial charge in [0.1, 0.15) is 0 Å². The Labute approximate surface area is 96.6 Å². The fourth-order valence-corrected chi connectivity index (χ4v) is 2.21. The van der Waals surface area contributed by atoms with Gasteiger partial charge in [-0.3, -0.25) is 4.90 Å². The van der Waals surface area contributed by atoms with Crippen molar-refractivity contribution in [1.82, 2.24) is 4.90 Å². The lowest BCUT2D eigenvalue weighted by Crippen LogP contribution is -2.47. The van der Waals surface area contributed by atoms with Gasteiger partial charge in [0.15, 0.2) is 0 Å². The van der Waals surface area contributed by atoms with Crippen molar-refractivity contribution in [2.24, 2.45) is 0 Å². The molecule has 0 saturated carbocycles. The first kappa shape index (κ1) is 11.6. The molecule has 0 aromatic heterocycles. The van der Waals surface area contributed by atoms with Crippen LogP contribution in [0, 0.1) is 0 Å². The Morgan fingerprint density at radius 3 is 2.75 bits per heavy atom. The number of morpholine rings is 1. The summed E-state index contributed by atoms with van der Waals surface area (Å²) in [5.74, 6) is 0. The molecule has 0 radical (unpaired) electrons. The minimum Gasteiger partial charge on any atom is -0.394 e. The molecule has 1 saturated heterocycles. The zero-order valence-electron chi connectivity index (χ0n) is 9.67. The highest BCUT2D eigenvalue weighted by atomic mass is 16.5. The van der Waals surface area contributed by atoms with Gasteiger partial charge in [0.25, 0.3) is 0 Å². The van der Waals surface area contributed by atoms with Crippen molar-refractivity contribution in [2.45, 2.75) is 25.7 Å². The third kappa shape index (κ3) is 3.04. The van der Waals surface area contributed by atoms with Gasteiger partial charge in [0.2, 0.25) is 0 Å². The first-order valence-corrected chi connectivity index (χ1v) is 5.80. The number of hydrogen-bond acceptors (Lipinski definition) is 3. The van der Waals surface area contributed by atoms with Crippen LogP contribution in [-0.2, 0) is 11.3 Å². The van der Waals surface area contributed by atoms with Crippen LogP contribution in [0.4, 0.5) is 0 Å². The molecule has 1 aliphatic rings. The smallest absolute Gasteiger partial charge is 0.0936 e. The van der Waals surface area contributed by atoms with E-state index in [1.54, 1.807) is 0 Å². The fourth-order valence-electron chi connectivity index (χ4n) is 2.21. The van der Waals surface area contributed by atoms with Crippen molar-refractivity contribution in [3.63, 3.8) is 0 Å². The SMILES string of the molecule is CC1CN(Cc2ccccc2)C[C@@H](CO)O1. The molecule has 1 aromatic carbocycles. The maximum Gasteiger partial charge on any atom is 0.0936 e. The number of hydrogen-bond donors (Lipinski definition) is 1. The Morgan fingerprint density at radius 2 is 2.06 bits per heavy atom. The average molecular weight is 221 g/mol. The maximum absolute atomic E-state index is 9.14. The topological polar surface area (TPSA) is 32.7 Å². The molecule has 0 bridgehead atoms. The zero-order chi connectivity index (χ0) is 11.4. The third-order valence-electron chi connectivity index (χ3n) is 2.85. The van der Waals surface area contributed by atoms with Crippen LogP contribution in [0.5, 0.6) is 0 Å². The number of benzene rings is 1. The number of nitrogens with zero attached hydrogens (tertiary/aromatic N) is 1. The second kappa shape index (κ2) is 5.43. The number of rotatable bonds is 3. The van der Waals surface area contributed by atoms with E-state index in [2.05, 4.69) is 36.1 Å². The van der Waals surface area contributed by atoms with E-state index in [-0.39, 0.29) is 18.8 Å². The summed E-state index contributed by atoms with van der Waals surface area (Å²) in [6, 6.07) is 10.4. The van der Waals surface area contributed by atoms with Crippen LogP contribution in [-0.4, -0.2) is 41.9 Å². The van der Waals surface area contributed by atoms with Gasteiger partial charge in [-0.1, -0.05) is 30.3 Å². The van der Waals surface area contributed by atoms with E-state index in [1.807, 2.05) is 6.07 Å². The van der Waals surface area contributed by atoms with Gasteiger partial charge in [0, 0.05) is 19.6 Å². The Hall–Kier alpha value is -0.900. The summed E-state index contributed by atoms with van der Waals surface area (Å²) in [6.07, 6.45) is 0.169. The van der Waals surface area contributed by atoms with Crippen LogP contribution in [0.25, 0.3) is 0 Å². The summed E-state index contributed by atoms with van der Waals surface area (Å²) in [5.41, 5.74) is 1.31. The normalized spacial score (nSPS) is 26.9. The quantitative estimate of drug-likeness (QED) is 0.834. The molecule has 3 nitrogen and oxygen atoms in total. The first-order chi connectivity index (χ1) is 7.78. The lowest BCUT2D eigenvalue weighted by molar-refractivity contribution is -0.0972. The van der Waals surface area contributed by atoms with E-state index in [0.717, 1.165) is 19.6 Å². The largest absolute Gasteiger partial charge is 0.394 e. The van der Waals surface area contributed by atoms with Crippen LogP contribution in [0.2, 0.25) is 0 Å². The zero-order valence-corrected chi connectivity index (χ0v) is 9.67. The summed E-state index contributed by atoms with van der Waals surface area (Å²) in [4.78, 5) is 2.34. The van der Waals surface area contributed by atoms with E-state index < -0.39 is 0 Å². The van der Waals surface area contributed by atoms with Crippen molar-refractivity contribution in [3.8, 4) is 0 Å². The Balaban J connectivity index is 1.94. The Morgan fingerprint density at radius 1 is 1.31 bits per heavy atom. The van der Waals surface area contributed by atoms with Gasteiger partial charge in [-0.05, 0) is 12.5 Å². The molecule has 1 aliphatic heterocycles. The molecular formula is C13H19NO2. The standard InChI is InChI=1S/C13H19NO2/c1-11-7-14(9-13(10-15)16-11)8-12-5-3-2-4-6-12/h2-6,11,13,15H,7-10H2,1H3/t11?,13-/m0/s1. The second-order valence-electron chi connectivity index (χ2n) is 4.43. The summed E-state index contributed by atoms with van der Waals surface area (Å²) < 4.78 is 5.61. The fraction of sp³-hybridized carbons (Fsp3) is 0.538. The van der Waals surface area contributed by atoms with E-state index in [4.69, 9.17) is 9.84 Å². The van der Waals surface area contributed by atoms with Crippen molar-refractivity contribution in [1.29, 1.82) is 0 Å². The van der Waals surface area contributed by atoms with E-state index in [1.165, 1.54) is 5.56 Å². The van der Waals surface area contributed by atoms with Crippen molar-refractivity contribution < 1.29 is 9.84 Å². The van der Waals surface area contributed by atoms with E-state index >= 15 is 0 Å². The number of aliphatic hydroxyl groups excluding tert-OH is 1. The van der Waals surface area contributed by atoms with Crippen molar-refractivity contribution in [3.05, 3.63) is 35.9 Å². The highest BCUT2D eigenvalue weighted by molar-refractivity contribution is 5.14. The monoisotopic (exact) mass is 221 g/mol. The molecule has 1 N–H and O–H groups in total. The van der Waals surface area contributed by atoms with Gasteiger partial charge < -0.3 is 9.84 Å². The van der Waals surface area contributed by atoms with Gasteiger partial charge in [-0.25, -0.2) is 0 Å². The Bertz CT molecular complexity index is 315. The molecule has 0 aliphatic carbocycles. The molecule has 88 valence electrons. The summed E-state index contributed by atoms with van der Waals surface area (Å²) in [5, 5.41) is 9.14. The predicted molar refractivity (Wildman–Crippen MR) is 63.1 cm³/mol. The summed E-state index contributed by atoms with van der Waals surface area (Å²) in [7, 11) is 0. The molecule has 1 fully saturated rings. The first-order valence-electron chi connectivity index (χ1n) is 5.80. The predicted octanol–water partition coefficient (Wildman–Crippen LogP) is 1.27. The molecule has 0 spiro atoms. The van der Waals surface area contributed by atoms with Crippen LogP contribution >= 0.6 is 0 Å². The Kier molecular flexibility index (Phi) is 3.93. The van der Waals surface area contributed by atoms with Crippen LogP contribution in [0.15, 0.2) is 30.3 Å².